The van der Waals surface area contributed by atoms with E-state index in [0.717, 1.165) is 11.6 Å². The van der Waals surface area contributed by atoms with E-state index in [1.54, 1.807) is 6.07 Å². The molecule has 0 saturated carbocycles. The molecule has 0 spiro atoms. The summed E-state index contributed by atoms with van der Waals surface area (Å²) >= 11 is 0. The smallest absolute Gasteiger partial charge is 0.423 e. The molecule has 0 saturated heterocycles. The van der Waals surface area contributed by atoms with Crippen molar-refractivity contribution in [2.75, 3.05) is 5.32 Å². The van der Waals surface area contributed by atoms with Gasteiger partial charge in [0.25, 0.3) is 5.91 Å². The molecule has 0 radical (unpaired) electrons. The Bertz CT molecular complexity index is 810. The van der Waals surface area contributed by atoms with E-state index in [-0.39, 0.29) is 18.4 Å². The number of nitrogens with one attached hydrogen (secondary N) is 1. The van der Waals surface area contributed by atoms with Gasteiger partial charge >= 0.3 is 13.3 Å². The molecule has 0 unspecified atom stereocenters. The predicted octanol–water partition coefficient (Wildman–Crippen LogP) is 2.31. The van der Waals surface area contributed by atoms with Crippen molar-refractivity contribution in [3.05, 3.63) is 58.9 Å². The van der Waals surface area contributed by atoms with Crippen molar-refractivity contribution in [3.63, 3.8) is 0 Å². The van der Waals surface area contributed by atoms with Crippen LogP contribution in [0.5, 0.6) is 0 Å². The Balaban J connectivity index is 1.82. The van der Waals surface area contributed by atoms with Gasteiger partial charge in [-0.2, -0.15) is 13.2 Å². The van der Waals surface area contributed by atoms with Gasteiger partial charge < -0.3 is 15.0 Å². The Morgan fingerprint density at radius 2 is 1.96 bits per heavy atom. The third-order valence-electron chi connectivity index (χ3n) is 3.61. The van der Waals surface area contributed by atoms with Crippen LogP contribution in [-0.2, 0) is 17.4 Å². The lowest BCUT2D eigenvalue weighted by Crippen LogP contribution is -2.28. The number of carbonyl (C=O) groups excluding carboxylic acids is 1. The summed E-state index contributed by atoms with van der Waals surface area (Å²) in [4.78, 5) is 12.1. The predicted molar refractivity (Wildman–Crippen MR) is 78.2 cm³/mol. The molecule has 4 nitrogen and oxygen atoms in total. The van der Waals surface area contributed by atoms with E-state index in [9.17, 15) is 27.4 Å². The summed E-state index contributed by atoms with van der Waals surface area (Å²) in [5.41, 5.74) is -0.195. The first-order valence-electron chi connectivity index (χ1n) is 6.86. The van der Waals surface area contributed by atoms with Crippen LogP contribution in [0.15, 0.2) is 36.4 Å². The van der Waals surface area contributed by atoms with E-state index < -0.39 is 36.1 Å². The van der Waals surface area contributed by atoms with Gasteiger partial charge in [-0.25, -0.2) is 4.39 Å². The lowest BCUT2D eigenvalue weighted by atomic mass is 9.79. The van der Waals surface area contributed by atoms with Crippen LogP contribution in [0.25, 0.3) is 0 Å². The second-order valence-corrected chi connectivity index (χ2v) is 5.22. The van der Waals surface area contributed by atoms with E-state index in [4.69, 9.17) is 4.65 Å². The van der Waals surface area contributed by atoms with Crippen LogP contribution in [0.1, 0.15) is 21.5 Å². The van der Waals surface area contributed by atoms with Crippen molar-refractivity contribution in [2.45, 2.75) is 12.8 Å². The number of carbonyl (C=O) groups is 1. The van der Waals surface area contributed by atoms with Crippen LogP contribution in [-0.4, -0.2) is 18.0 Å². The van der Waals surface area contributed by atoms with Crippen molar-refractivity contribution < 1.29 is 32.0 Å². The molecule has 2 aromatic rings. The summed E-state index contributed by atoms with van der Waals surface area (Å²) in [7, 11) is -1.11. The zero-order valence-corrected chi connectivity index (χ0v) is 12.0. The first kappa shape index (κ1) is 16.5. The molecular formula is C15H10BF4NO3. The highest BCUT2D eigenvalue weighted by molar-refractivity contribution is 6.61. The van der Waals surface area contributed by atoms with Gasteiger partial charge in [0, 0.05) is 5.69 Å². The maximum Gasteiger partial charge on any atom is 0.491 e. The second-order valence-electron chi connectivity index (χ2n) is 5.22. The maximum atomic E-state index is 13.8. The van der Waals surface area contributed by atoms with Crippen LogP contribution < -0.4 is 10.8 Å². The minimum Gasteiger partial charge on any atom is -0.423 e. The molecule has 9 heteroatoms. The largest absolute Gasteiger partial charge is 0.491 e. The zero-order valence-electron chi connectivity index (χ0n) is 12.0. The fourth-order valence-electron chi connectivity index (χ4n) is 2.37. The number of rotatable bonds is 2. The van der Waals surface area contributed by atoms with Gasteiger partial charge in [-0.05, 0) is 41.4 Å². The highest BCUT2D eigenvalue weighted by Gasteiger charge is 2.32. The summed E-state index contributed by atoms with van der Waals surface area (Å²) in [5, 5.41) is 12.0. The number of alkyl halides is 3. The SMILES string of the molecule is O=C(Nc1ccc2c(c1)B(O)OC2)c1ccc(C(F)(F)F)cc1F. The molecule has 1 amide bonds. The van der Waals surface area contributed by atoms with Crippen molar-refractivity contribution in [1.29, 1.82) is 0 Å². The molecule has 0 aliphatic carbocycles. The molecule has 1 heterocycles. The molecule has 0 aromatic heterocycles. The topological polar surface area (TPSA) is 58.6 Å². The molecule has 1 aliphatic rings. The number of anilines is 1. The van der Waals surface area contributed by atoms with Crippen LogP contribution in [0.2, 0.25) is 0 Å². The minimum absolute atomic E-state index is 0.234. The van der Waals surface area contributed by atoms with Crippen LogP contribution >= 0.6 is 0 Å². The van der Waals surface area contributed by atoms with Crippen molar-refractivity contribution >= 4 is 24.2 Å². The highest BCUT2D eigenvalue weighted by Crippen LogP contribution is 2.30. The number of hydrogen-bond donors (Lipinski definition) is 2. The fraction of sp³-hybridized carbons (Fsp3) is 0.133. The lowest BCUT2D eigenvalue weighted by Gasteiger charge is -2.10. The molecule has 124 valence electrons. The van der Waals surface area contributed by atoms with Crippen LogP contribution in [0.4, 0.5) is 23.2 Å². The Hall–Kier alpha value is -2.39. The minimum atomic E-state index is -4.69. The lowest BCUT2D eigenvalue weighted by molar-refractivity contribution is -0.137. The van der Waals surface area contributed by atoms with Crippen molar-refractivity contribution in [2.24, 2.45) is 0 Å². The summed E-state index contributed by atoms with van der Waals surface area (Å²) in [6, 6.07) is 6.31. The summed E-state index contributed by atoms with van der Waals surface area (Å²) in [6.07, 6.45) is -4.69. The monoisotopic (exact) mass is 339 g/mol. The van der Waals surface area contributed by atoms with Gasteiger partial charge in [0.15, 0.2) is 0 Å². The van der Waals surface area contributed by atoms with Crippen molar-refractivity contribution in [3.8, 4) is 0 Å². The number of halogens is 4. The molecule has 3 rings (SSSR count). The Morgan fingerprint density at radius 3 is 2.62 bits per heavy atom. The van der Waals surface area contributed by atoms with E-state index in [1.165, 1.54) is 12.1 Å². The third-order valence-corrected chi connectivity index (χ3v) is 3.61. The average Bonchev–Trinajstić information content (AvgIpc) is 2.87. The molecule has 0 atom stereocenters. The normalized spacial score (nSPS) is 13.8. The van der Waals surface area contributed by atoms with Gasteiger partial charge in [0.2, 0.25) is 0 Å². The summed E-state index contributed by atoms with van der Waals surface area (Å²) < 4.78 is 56.3. The standard InChI is InChI=1S/C15H10BF4NO3/c17-13-5-9(15(18,19)20)2-4-11(13)14(22)21-10-3-1-8-7-24-16(23)12(8)6-10/h1-6,23H,7H2,(H,21,22). The van der Waals surface area contributed by atoms with E-state index in [2.05, 4.69) is 5.32 Å². The van der Waals surface area contributed by atoms with Gasteiger partial charge in [-0.3, -0.25) is 4.79 Å². The average molecular weight is 339 g/mol. The number of fused-ring (bicyclic) bond motifs is 1. The molecule has 2 aromatic carbocycles. The Labute approximate surface area is 134 Å². The summed E-state index contributed by atoms with van der Waals surface area (Å²) in [5.74, 6) is -2.17. The van der Waals surface area contributed by atoms with E-state index in [0.29, 0.717) is 11.5 Å². The quantitative estimate of drug-likeness (QED) is 0.652. The van der Waals surface area contributed by atoms with Crippen LogP contribution in [0, 0.1) is 5.82 Å². The first-order valence-corrected chi connectivity index (χ1v) is 6.86. The Kier molecular flexibility index (Phi) is 4.06. The maximum absolute atomic E-state index is 13.8. The second kappa shape index (κ2) is 5.92. The molecule has 2 N–H and O–H groups in total. The van der Waals surface area contributed by atoms with E-state index in [1.807, 2.05) is 0 Å². The fourth-order valence-corrected chi connectivity index (χ4v) is 2.37. The van der Waals surface area contributed by atoms with Gasteiger partial charge in [0.1, 0.15) is 5.82 Å². The molecular weight excluding hydrogens is 329 g/mol. The third kappa shape index (κ3) is 3.13. The zero-order chi connectivity index (χ0) is 17.5. The van der Waals surface area contributed by atoms with Gasteiger partial charge in [-0.15, -0.1) is 0 Å². The number of hydrogen-bond acceptors (Lipinski definition) is 3. The molecule has 0 fully saturated rings. The first-order chi connectivity index (χ1) is 11.3. The molecule has 1 aliphatic heterocycles. The highest BCUT2D eigenvalue weighted by atomic mass is 19.4. The number of benzene rings is 2. The Morgan fingerprint density at radius 1 is 1.21 bits per heavy atom. The van der Waals surface area contributed by atoms with Gasteiger partial charge in [-0.1, -0.05) is 6.07 Å². The van der Waals surface area contributed by atoms with Crippen LogP contribution in [0.3, 0.4) is 0 Å². The molecule has 0 bridgehead atoms. The molecule has 24 heavy (non-hydrogen) atoms. The number of amides is 1. The summed E-state index contributed by atoms with van der Waals surface area (Å²) in [6.45, 7) is 0.234. The van der Waals surface area contributed by atoms with E-state index >= 15 is 0 Å². The van der Waals surface area contributed by atoms with Crippen molar-refractivity contribution in [1.82, 2.24) is 0 Å². The van der Waals surface area contributed by atoms with Gasteiger partial charge in [0.05, 0.1) is 17.7 Å².